The van der Waals surface area contributed by atoms with E-state index in [1.165, 1.54) is 18.0 Å². The summed E-state index contributed by atoms with van der Waals surface area (Å²) in [6, 6.07) is 7.29. The third-order valence-corrected chi connectivity index (χ3v) is 2.96. The van der Waals surface area contributed by atoms with Crippen molar-refractivity contribution < 1.29 is 0 Å². The standard InChI is InChI=1S/C11H6N6S/c12-6-8-2-3-9(14-7-8)18-11-15-10-13-4-1-5-17(10)16-11/h1-5,7H. The third-order valence-electron chi connectivity index (χ3n) is 2.16. The lowest BCUT2D eigenvalue weighted by molar-refractivity contribution is 0.877. The van der Waals surface area contributed by atoms with Crippen LogP contribution in [-0.2, 0) is 0 Å². The van der Waals surface area contributed by atoms with Gasteiger partial charge in [-0.15, -0.1) is 5.10 Å². The second-order valence-electron chi connectivity index (χ2n) is 3.36. The van der Waals surface area contributed by atoms with Gasteiger partial charge in [-0.25, -0.2) is 14.5 Å². The molecule has 0 aliphatic carbocycles. The fourth-order valence-electron chi connectivity index (χ4n) is 1.36. The van der Waals surface area contributed by atoms with E-state index in [4.69, 9.17) is 5.26 Å². The molecule has 7 heteroatoms. The molecule has 6 nitrogen and oxygen atoms in total. The molecule has 0 bridgehead atoms. The van der Waals surface area contributed by atoms with Crippen LogP contribution in [0.1, 0.15) is 5.56 Å². The van der Waals surface area contributed by atoms with Crippen molar-refractivity contribution >= 4 is 17.5 Å². The first kappa shape index (κ1) is 10.7. The van der Waals surface area contributed by atoms with Gasteiger partial charge in [-0.05, 0) is 30.0 Å². The van der Waals surface area contributed by atoms with Crippen LogP contribution in [0.4, 0.5) is 0 Å². The quantitative estimate of drug-likeness (QED) is 0.690. The number of rotatable bonds is 2. The maximum absolute atomic E-state index is 8.68. The monoisotopic (exact) mass is 254 g/mol. The first-order chi connectivity index (χ1) is 8.85. The highest BCUT2D eigenvalue weighted by Gasteiger charge is 2.06. The Hall–Kier alpha value is -2.46. The van der Waals surface area contributed by atoms with Crippen molar-refractivity contribution in [3.8, 4) is 6.07 Å². The van der Waals surface area contributed by atoms with Gasteiger partial charge in [0.15, 0.2) is 0 Å². The number of nitriles is 1. The van der Waals surface area contributed by atoms with E-state index in [0.717, 1.165) is 5.03 Å². The van der Waals surface area contributed by atoms with E-state index >= 15 is 0 Å². The minimum atomic E-state index is 0.531. The molecule has 0 aliphatic rings. The van der Waals surface area contributed by atoms with E-state index in [-0.39, 0.29) is 0 Å². The summed E-state index contributed by atoms with van der Waals surface area (Å²) in [5.41, 5.74) is 0.531. The predicted octanol–water partition coefficient (Wildman–Crippen LogP) is 1.54. The lowest BCUT2D eigenvalue weighted by Gasteiger charge is -1.94. The molecule has 0 amide bonds. The van der Waals surface area contributed by atoms with E-state index < -0.39 is 0 Å². The molecule has 0 aliphatic heterocycles. The Morgan fingerprint density at radius 2 is 2.22 bits per heavy atom. The molecule has 3 rings (SSSR count). The summed E-state index contributed by atoms with van der Waals surface area (Å²) in [5.74, 6) is 0.550. The largest absolute Gasteiger partial charge is 0.253 e. The van der Waals surface area contributed by atoms with Gasteiger partial charge >= 0.3 is 0 Å². The smallest absolute Gasteiger partial charge is 0.248 e. The van der Waals surface area contributed by atoms with Crippen molar-refractivity contribution in [3.63, 3.8) is 0 Å². The Balaban J connectivity index is 1.89. The summed E-state index contributed by atoms with van der Waals surface area (Å²) >= 11 is 1.33. The Kier molecular flexibility index (Phi) is 2.63. The maximum Gasteiger partial charge on any atom is 0.253 e. The van der Waals surface area contributed by atoms with Crippen LogP contribution in [0.2, 0.25) is 0 Å². The van der Waals surface area contributed by atoms with Gasteiger partial charge in [-0.2, -0.15) is 10.2 Å². The highest BCUT2D eigenvalue weighted by atomic mass is 32.2. The fourth-order valence-corrected chi connectivity index (χ4v) is 2.04. The molecular formula is C11H6N6S. The lowest BCUT2D eigenvalue weighted by atomic mass is 10.3. The summed E-state index contributed by atoms with van der Waals surface area (Å²) in [7, 11) is 0. The van der Waals surface area contributed by atoms with Crippen LogP contribution in [0.25, 0.3) is 5.78 Å². The van der Waals surface area contributed by atoms with Crippen molar-refractivity contribution in [2.24, 2.45) is 0 Å². The van der Waals surface area contributed by atoms with Crippen molar-refractivity contribution in [3.05, 3.63) is 42.4 Å². The van der Waals surface area contributed by atoms with Gasteiger partial charge in [-0.1, -0.05) is 0 Å². The molecular weight excluding hydrogens is 248 g/mol. The Labute approximate surface area is 106 Å². The molecule has 18 heavy (non-hydrogen) atoms. The molecule has 0 spiro atoms. The van der Waals surface area contributed by atoms with Crippen molar-refractivity contribution in [1.29, 1.82) is 5.26 Å². The van der Waals surface area contributed by atoms with Crippen LogP contribution in [0.15, 0.2) is 47.0 Å². The molecule has 0 atom stereocenters. The molecule has 3 aromatic rings. The van der Waals surface area contributed by atoms with Gasteiger partial charge in [0.05, 0.1) is 5.56 Å². The lowest BCUT2D eigenvalue weighted by Crippen LogP contribution is -1.87. The average molecular weight is 254 g/mol. The minimum Gasteiger partial charge on any atom is -0.248 e. The maximum atomic E-state index is 8.68. The number of hydrogen-bond donors (Lipinski definition) is 0. The number of nitrogens with zero attached hydrogens (tertiary/aromatic N) is 6. The Morgan fingerprint density at radius 3 is 2.94 bits per heavy atom. The van der Waals surface area contributed by atoms with Gasteiger partial charge in [0, 0.05) is 18.6 Å². The fraction of sp³-hybridized carbons (Fsp3) is 0. The van der Waals surface area contributed by atoms with E-state index in [1.54, 1.807) is 35.1 Å². The summed E-state index contributed by atoms with van der Waals surface area (Å²) in [5, 5.41) is 14.2. The molecule has 86 valence electrons. The zero-order valence-corrected chi connectivity index (χ0v) is 9.87. The van der Waals surface area contributed by atoms with E-state index in [1.807, 2.05) is 6.07 Å². The van der Waals surface area contributed by atoms with Crippen LogP contribution < -0.4 is 0 Å². The van der Waals surface area contributed by atoms with Crippen LogP contribution >= 0.6 is 11.8 Å². The predicted molar refractivity (Wildman–Crippen MR) is 63.9 cm³/mol. The summed E-state index contributed by atoms with van der Waals surface area (Å²) < 4.78 is 1.60. The SMILES string of the molecule is N#Cc1ccc(Sc2nc3ncccn3n2)nc1. The number of hydrogen-bond acceptors (Lipinski definition) is 6. The highest BCUT2D eigenvalue weighted by Crippen LogP contribution is 2.22. The second kappa shape index (κ2) is 4.43. The number of pyridine rings is 1. The van der Waals surface area contributed by atoms with E-state index in [0.29, 0.717) is 16.5 Å². The molecule has 0 fully saturated rings. The third kappa shape index (κ3) is 2.01. The molecule has 0 radical (unpaired) electrons. The molecule has 0 saturated carbocycles. The summed E-state index contributed by atoms with van der Waals surface area (Å²) in [6.07, 6.45) is 4.97. The number of fused-ring (bicyclic) bond motifs is 1. The second-order valence-corrected chi connectivity index (χ2v) is 4.35. The van der Waals surface area contributed by atoms with Crippen molar-refractivity contribution in [2.75, 3.05) is 0 Å². The zero-order chi connectivity index (χ0) is 12.4. The van der Waals surface area contributed by atoms with Crippen LogP contribution in [0.5, 0.6) is 0 Å². The van der Waals surface area contributed by atoms with Gasteiger partial charge in [0.25, 0.3) is 5.78 Å². The summed E-state index contributed by atoms with van der Waals surface area (Å²) in [6.45, 7) is 0. The van der Waals surface area contributed by atoms with E-state index in [9.17, 15) is 0 Å². The van der Waals surface area contributed by atoms with Gasteiger partial charge in [0.1, 0.15) is 11.1 Å². The molecule has 0 unspecified atom stereocenters. The van der Waals surface area contributed by atoms with Crippen molar-refractivity contribution in [1.82, 2.24) is 24.6 Å². The normalized spacial score (nSPS) is 10.4. The zero-order valence-electron chi connectivity index (χ0n) is 9.06. The van der Waals surface area contributed by atoms with Crippen LogP contribution in [-0.4, -0.2) is 24.6 Å². The van der Waals surface area contributed by atoms with Crippen molar-refractivity contribution in [2.45, 2.75) is 10.2 Å². The first-order valence-electron chi connectivity index (χ1n) is 5.06. The topological polar surface area (TPSA) is 79.8 Å². The highest BCUT2D eigenvalue weighted by molar-refractivity contribution is 7.99. The Bertz CT molecular complexity index is 694. The molecule has 0 saturated heterocycles. The molecule has 3 aromatic heterocycles. The van der Waals surface area contributed by atoms with Gasteiger partial charge < -0.3 is 0 Å². The molecule has 0 N–H and O–H groups in total. The summed E-state index contributed by atoms with van der Waals surface area (Å²) in [4.78, 5) is 12.5. The Morgan fingerprint density at radius 1 is 1.28 bits per heavy atom. The van der Waals surface area contributed by atoms with E-state index in [2.05, 4.69) is 20.1 Å². The van der Waals surface area contributed by atoms with Crippen LogP contribution in [0.3, 0.4) is 0 Å². The molecule has 0 aromatic carbocycles. The number of aromatic nitrogens is 5. The average Bonchev–Trinajstić information content (AvgIpc) is 2.82. The van der Waals surface area contributed by atoms with Gasteiger partial charge in [0.2, 0.25) is 5.16 Å². The minimum absolute atomic E-state index is 0.531. The first-order valence-corrected chi connectivity index (χ1v) is 5.88. The van der Waals surface area contributed by atoms with Gasteiger partial charge in [-0.3, -0.25) is 0 Å². The van der Waals surface area contributed by atoms with Crippen LogP contribution in [0, 0.1) is 11.3 Å². The molecule has 3 heterocycles.